The number of hydrogen-bond donors (Lipinski definition) is 3. The third-order valence-electron chi connectivity index (χ3n) is 2.85. The summed E-state index contributed by atoms with van der Waals surface area (Å²) in [5, 5.41) is 9.16. The highest BCUT2D eigenvalue weighted by Gasteiger charge is 2.30. The zero-order valence-corrected chi connectivity index (χ0v) is 11.4. The van der Waals surface area contributed by atoms with Gasteiger partial charge in [0, 0.05) is 6.07 Å². The number of aliphatic hydroxyl groups is 1. The quantitative estimate of drug-likeness (QED) is 0.706. The second-order valence-electron chi connectivity index (χ2n) is 4.48. The maximum Gasteiger partial charge on any atom is 0.244 e. The second-order valence-corrected chi connectivity index (χ2v) is 6.13. The van der Waals surface area contributed by atoms with Crippen molar-refractivity contribution in [2.24, 2.45) is 0 Å². The first-order chi connectivity index (χ1) is 8.65. The SMILES string of the molecule is CCC(C)(CO)NS(=O)(=O)c1cc(N)c(F)cc1F. The first-order valence-corrected chi connectivity index (χ1v) is 7.03. The van der Waals surface area contributed by atoms with E-state index >= 15 is 0 Å². The first-order valence-electron chi connectivity index (χ1n) is 5.54. The Morgan fingerprint density at radius 2 is 1.95 bits per heavy atom. The van der Waals surface area contributed by atoms with Crippen molar-refractivity contribution in [3.8, 4) is 0 Å². The number of benzene rings is 1. The summed E-state index contributed by atoms with van der Waals surface area (Å²) in [7, 11) is -4.24. The van der Waals surface area contributed by atoms with Crippen LogP contribution in [-0.2, 0) is 10.0 Å². The zero-order valence-electron chi connectivity index (χ0n) is 10.6. The number of nitrogens with one attached hydrogen (secondary N) is 1. The summed E-state index contributed by atoms with van der Waals surface area (Å²) in [6, 6.07) is 1.12. The molecule has 8 heteroatoms. The number of anilines is 1. The van der Waals surface area contributed by atoms with Gasteiger partial charge in [-0.3, -0.25) is 0 Å². The third-order valence-corrected chi connectivity index (χ3v) is 4.50. The fourth-order valence-electron chi connectivity index (χ4n) is 1.35. The molecule has 0 bridgehead atoms. The van der Waals surface area contributed by atoms with E-state index in [0.29, 0.717) is 18.6 Å². The Labute approximate surface area is 110 Å². The molecule has 0 aromatic heterocycles. The number of rotatable bonds is 5. The molecule has 0 spiro atoms. The largest absolute Gasteiger partial charge is 0.396 e. The van der Waals surface area contributed by atoms with Gasteiger partial charge in [-0.1, -0.05) is 6.92 Å². The fraction of sp³-hybridized carbons (Fsp3) is 0.455. The summed E-state index contributed by atoms with van der Waals surface area (Å²) in [6.07, 6.45) is 0.293. The summed E-state index contributed by atoms with van der Waals surface area (Å²) in [5.74, 6) is -2.27. The molecule has 1 aromatic rings. The predicted octanol–water partition coefficient (Wildman–Crippen LogP) is 0.986. The van der Waals surface area contributed by atoms with E-state index in [9.17, 15) is 17.2 Å². The molecule has 0 aliphatic carbocycles. The van der Waals surface area contributed by atoms with E-state index in [-0.39, 0.29) is 0 Å². The van der Waals surface area contributed by atoms with Crippen molar-refractivity contribution in [2.45, 2.75) is 30.7 Å². The second kappa shape index (κ2) is 5.40. The molecule has 0 heterocycles. The molecule has 0 fully saturated rings. The molecule has 1 rings (SSSR count). The maximum absolute atomic E-state index is 13.5. The van der Waals surface area contributed by atoms with Crippen LogP contribution in [0.4, 0.5) is 14.5 Å². The molecule has 0 saturated carbocycles. The van der Waals surface area contributed by atoms with Gasteiger partial charge in [0.2, 0.25) is 10.0 Å². The van der Waals surface area contributed by atoms with Crippen LogP contribution in [0.25, 0.3) is 0 Å². The van der Waals surface area contributed by atoms with E-state index < -0.39 is 44.4 Å². The highest BCUT2D eigenvalue weighted by molar-refractivity contribution is 7.89. The fourth-order valence-corrected chi connectivity index (χ4v) is 2.91. The number of aliphatic hydroxyl groups excluding tert-OH is 1. The predicted molar refractivity (Wildman–Crippen MR) is 66.9 cm³/mol. The molecule has 1 atom stereocenters. The molecule has 108 valence electrons. The van der Waals surface area contributed by atoms with Crippen LogP contribution in [0.5, 0.6) is 0 Å². The van der Waals surface area contributed by atoms with Gasteiger partial charge in [-0.15, -0.1) is 0 Å². The van der Waals surface area contributed by atoms with E-state index in [0.717, 1.165) is 0 Å². The normalized spacial score (nSPS) is 15.2. The van der Waals surface area contributed by atoms with Gasteiger partial charge >= 0.3 is 0 Å². The van der Waals surface area contributed by atoms with E-state index in [1.165, 1.54) is 6.92 Å². The molecule has 5 nitrogen and oxygen atoms in total. The molecule has 0 aliphatic rings. The van der Waals surface area contributed by atoms with Crippen LogP contribution in [0.15, 0.2) is 17.0 Å². The lowest BCUT2D eigenvalue weighted by atomic mass is 10.0. The van der Waals surface area contributed by atoms with E-state index in [1.807, 2.05) is 0 Å². The molecule has 4 N–H and O–H groups in total. The van der Waals surface area contributed by atoms with Gasteiger partial charge in [0.1, 0.15) is 16.5 Å². The Morgan fingerprint density at radius 3 is 2.42 bits per heavy atom. The van der Waals surface area contributed by atoms with Crippen LogP contribution >= 0.6 is 0 Å². The lowest BCUT2D eigenvalue weighted by Gasteiger charge is -2.26. The summed E-state index contributed by atoms with van der Waals surface area (Å²) in [6.45, 7) is 2.67. The standard InChI is InChI=1S/C11H16F2N2O3S/c1-3-11(2,6-16)15-19(17,18)10-5-9(14)7(12)4-8(10)13/h4-5,15-16H,3,6,14H2,1-2H3. The molecule has 0 aliphatic heterocycles. The number of sulfonamides is 1. The number of halogens is 2. The average molecular weight is 294 g/mol. The van der Waals surface area contributed by atoms with Crippen LogP contribution < -0.4 is 10.5 Å². The zero-order chi connectivity index (χ0) is 14.8. The summed E-state index contributed by atoms with van der Waals surface area (Å²) in [5.41, 5.74) is 3.63. The lowest BCUT2D eigenvalue weighted by Crippen LogP contribution is -2.48. The van der Waals surface area contributed by atoms with Gasteiger partial charge in [-0.25, -0.2) is 21.9 Å². The monoisotopic (exact) mass is 294 g/mol. The summed E-state index contributed by atoms with van der Waals surface area (Å²) in [4.78, 5) is -0.750. The van der Waals surface area contributed by atoms with Gasteiger partial charge < -0.3 is 10.8 Å². The number of hydrogen-bond acceptors (Lipinski definition) is 4. The molecule has 1 unspecified atom stereocenters. The lowest BCUT2D eigenvalue weighted by molar-refractivity contribution is 0.191. The van der Waals surface area contributed by atoms with Crippen LogP contribution in [-0.4, -0.2) is 25.7 Å². The Balaban J connectivity index is 3.25. The van der Waals surface area contributed by atoms with E-state index in [1.54, 1.807) is 6.92 Å². The molecule has 0 amide bonds. The topological polar surface area (TPSA) is 92.4 Å². The highest BCUT2D eigenvalue weighted by atomic mass is 32.2. The van der Waals surface area contributed by atoms with Gasteiger partial charge in [0.25, 0.3) is 0 Å². The van der Waals surface area contributed by atoms with Crippen LogP contribution in [0, 0.1) is 11.6 Å². The minimum Gasteiger partial charge on any atom is -0.396 e. The Bertz CT molecular complexity index is 572. The first kappa shape index (κ1) is 15.8. The van der Waals surface area contributed by atoms with Crippen LogP contribution in [0.1, 0.15) is 20.3 Å². The van der Waals surface area contributed by atoms with Crippen molar-refractivity contribution in [1.82, 2.24) is 4.72 Å². The molecule has 1 aromatic carbocycles. The van der Waals surface area contributed by atoms with Crippen molar-refractivity contribution in [1.29, 1.82) is 0 Å². The van der Waals surface area contributed by atoms with Crippen molar-refractivity contribution >= 4 is 15.7 Å². The molecular weight excluding hydrogens is 278 g/mol. The highest BCUT2D eigenvalue weighted by Crippen LogP contribution is 2.22. The molecule has 0 radical (unpaired) electrons. The van der Waals surface area contributed by atoms with Crippen molar-refractivity contribution < 1.29 is 22.3 Å². The minimum absolute atomic E-state index is 0.293. The third kappa shape index (κ3) is 3.40. The van der Waals surface area contributed by atoms with Crippen LogP contribution in [0.3, 0.4) is 0 Å². The smallest absolute Gasteiger partial charge is 0.244 e. The van der Waals surface area contributed by atoms with Gasteiger partial charge in [0.15, 0.2) is 0 Å². The molecule has 19 heavy (non-hydrogen) atoms. The van der Waals surface area contributed by atoms with E-state index in [2.05, 4.69) is 4.72 Å². The van der Waals surface area contributed by atoms with Crippen molar-refractivity contribution in [2.75, 3.05) is 12.3 Å². The minimum atomic E-state index is -4.24. The van der Waals surface area contributed by atoms with Gasteiger partial charge in [-0.05, 0) is 19.4 Å². The number of nitrogen functional groups attached to an aromatic ring is 1. The van der Waals surface area contributed by atoms with Crippen LogP contribution in [0.2, 0.25) is 0 Å². The van der Waals surface area contributed by atoms with Gasteiger partial charge in [0.05, 0.1) is 17.8 Å². The average Bonchev–Trinajstić information content (AvgIpc) is 2.33. The summed E-state index contributed by atoms with van der Waals surface area (Å²) < 4.78 is 52.7. The van der Waals surface area contributed by atoms with E-state index in [4.69, 9.17) is 10.8 Å². The van der Waals surface area contributed by atoms with Gasteiger partial charge in [-0.2, -0.15) is 0 Å². The molecule has 0 saturated heterocycles. The Hall–Kier alpha value is -1.25. The molecular formula is C11H16F2N2O3S. The Morgan fingerprint density at radius 1 is 1.37 bits per heavy atom. The summed E-state index contributed by atoms with van der Waals surface area (Å²) >= 11 is 0. The number of nitrogens with two attached hydrogens (primary N) is 1. The Kier molecular flexibility index (Phi) is 4.49. The van der Waals surface area contributed by atoms with Crippen molar-refractivity contribution in [3.05, 3.63) is 23.8 Å². The van der Waals surface area contributed by atoms with Crippen molar-refractivity contribution in [3.63, 3.8) is 0 Å². The maximum atomic E-state index is 13.5.